The maximum atomic E-state index is 12.0. The summed E-state index contributed by atoms with van der Waals surface area (Å²) < 4.78 is 5.07. The number of carbonyl (C=O) groups is 2. The van der Waals surface area contributed by atoms with Crippen LogP contribution in [-0.4, -0.2) is 36.5 Å². The molecule has 0 atom stereocenters. The van der Waals surface area contributed by atoms with E-state index in [1.807, 2.05) is 0 Å². The van der Waals surface area contributed by atoms with Gasteiger partial charge in [0.1, 0.15) is 5.75 Å². The largest absolute Gasteiger partial charge is 0.497 e. The van der Waals surface area contributed by atoms with Gasteiger partial charge in [0, 0.05) is 11.7 Å². The number of carbonyl (C=O) groups excluding carboxylic acids is 2. The van der Waals surface area contributed by atoms with Gasteiger partial charge in [-0.1, -0.05) is 25.7 Å². The highest BCUT2D eigenvalue weighted by Crippen LogP contribution is 2.18. The standard InChI is InChI=1S/C18H26N2O3S/c1-23-16-10-8-15(9-11-16)20-18(22)13-24-12-17(21)19-14-6-4-2-3-5-7-14/h8-11,14H,2-7,12-13H2,1H3,(H,19,21)(H,20,22). The fourth-order valence-corrected chi connectivity index (χ4v) is 3.43. The Balaban J connectivity index is 1.63. The number of hydrogen-bond acceptors (Lipinski definition) is 4. The van der Waals surface area contributed by atoms with Gasteiger partial charge in [0.15, 0.2) is 0 Å². The van der Waals surface area contributed by atoms with Crippen molar-refractivity contribution < 1.29 is 14.3 Å². The highest BCUT2D eigenvalue weighted by Gasteiger charge is 2.14. The topological polar surface area (TPSA) is 67.4 Å². The van der Waals surface area contributed by atoms with Gasteiger partial charge in [-0.15, -0.1) is 11.8 Å². The maximum Gasteiger partial charge on any atom is 0.234 e. The van der Waals surface area contributed by atoms with E-state index in [1.165, 1.54) is 37.4 Å². The molecule has 1 aromatic carbocycles. The summed E-state index contributed by atoms with van der Waals surface area (Å²) in [5.74, 6) is 1.27. The molecule has 2 amide bonds. The van der Waals surface area contributed by atoms with E-state index in [0.717, 1.165) is 24.3 Å². The maximum absolute atomic E-state index is 12.0. The van der Waals surface area contributed by atoms with Crippen molar-refractivity contribution in [2.24, 2.45) is 0 Å². The molecule has 1 saturated carbocycles. The van der Waals surface area contributed by atoms with Crippen LogP contribution in [0, 0.1) is 0 Å². The SMILES string of the molecule is COc1ccc(NC(=O)CSCC(=O)NC2CCCCCC2)cc1. The minimum absolute atomic E-state index is 0.0316. The molecule has 1 aliphatic carbocycles. The molecule has 0 spiro atoms. The van der Waals surface area contributed by atoms with E-state index in [0.29, 0.717) is 11.8 Å². The second kappa shape index (κ2) is 10.2. The van der Waals surface area contributed by atoms with E-state index in [9.17, 15) is 9.59 Å². The lowest BCUT2D eigenvalue weighted by Crippen LogP contribution is -2.35. The number of rotatable bonds is 7. The van der Waals surface area contributed by atoms with Gasteiger partial charge in [-0.2, -0.15) is 0 Å². The lowest BCUT2D eigenvalue weighted by molar-refractivity contribution is -0.119. The molecule has 0 saturated heterocycles. The number of anilines is 1. The highest BCUT2D eigenvalue weighted by molar-refractivity contribution is 8.00. The van der Waals surface area contributed by atoms with Gasteiger partial charge >= 0.3 is 0 Å². The lowest BCUT2D eigenvalue weighted by atomic mass is 10.1. The van der Waals surface area contributed by atoms with Crippen LogP contribution in [0.4, 0.5) is 5.69 Å². The van der Waals surface area contributed by atoms with Crippen LogP contribution in [0.15, 0.2) is 24.3 Å². The highest BCUT2D eigenvalue weighted by atomic mass is 32.2. The minimum Gasteiger partial charge on any atom is -0.497 e. The predicted octanol–water partition coefficient (Wildman–Crippen LogP) is 3.21. The smallest absolute Gasteiger partial charge is 0.234 e. The third kappa shape index (κ3) is 6.83. The summed E-state index contributed by atoms with van der Waals surface area (Å²) in [6.07, 6.45) is 7.09. The zero-order valence-electron chi connectivity index (χ0n) is 14.2. The van der Waals surface area contributed by atoms with Crippen molar-refractivity contribution >= 4 is 29.3 Å². The molecule has 0 bridgehead atoms. The molecule has 0 aliphatic heterocycles. The fraction of sp³-hybridized carbons (Fsp3) is 0.556. The molecule has 2 rings (SSSR count). The molecule has 24 heavy (non-hydrogen) atoms. The number of methoxy groups -OCH3 is 1. The number of benzene rings is 1. The van der Waals surface area contributed by atoms with Gasteiger partial charge < -0.3 is 15.4 Å². The van der Waals surface area contributed by atoms with E-state index in [1.54, 1.807) is 31.4 Å². The molecule has 0 radical (unpaired) electrons. The van der Waals surface area contributed by atoms with Crippen molar-refractivity contribution in [3.8, 4) is 5.75 Å². The summed E-state index contributed by atoms with van der Waals surface area (Å²) in [6, 6.07) is 7.49. The van der Waals surface area contributed by atoms with Crippen molar-refractivity contribution in [2.45, 2.75) is 44.6 Å². The van der Waals surface area contributed by atoms with E-state index < -0.39 is 0 Å². The van der Waals surface area contributed by atoms with Gasteiger partial charge in [-0.3, -0.25) is 9.59 Å². The number of nitrogens with one attached hydrogen (secondary N) is 2. The van der Waals surface area contributed by atoms with Gasteiger partial charge in [-0.25, -0.2) is 0 Å². The van der Waals surface area contributed by atoms with Crippen molar-refractivity contribution in [1.29, 1.82) is 0 Å². The second-order valence-corrected chi connectivity index (χ2v) is 7.01. The Morgan fingerprint density at radius 3 is 2.29 bits per heavy atom. The van der Waals surface area contributed by atoms with E-state index in [-0.39, 0.29) is 17.6 Å². The molecule has 6 heteroatoms. The van der Waals surface area contributed by atoms with Crippen molar-refractivity contribution in [3.63, 3.8) is 0 Å². The van der Waals surface area contributed by atoms with Crippen LogP contribution in [0.2, 0.25) is 0 Å². The number of hydrogen-bond donors (Lipinski definition) is 2. The third-order valence-electron chi connectivity index (χ3n) is 4.06. The Morgan fingerprint density at radius 2 is 1.67 bits per heavy atom. The normalized spacial score (nSPS) is 15.4. The molecule has 5 nitrogen and oxygen atoms in total. The second-order valence-electron chi connectivity index (χ2n) is 6.03. The minimum atomic E-state index is -0.104. The van der Waals surface area contributed by atoms with Crippen LogP contribution in [-0.2, 0) is 9.59 Å². The van der Waals surface area contributed by atoms with Crippen LogP contribution in [0.25, 0.3) is 0 Å². The third-order valence-corrected chi connectivity index (χ3v) is 4.99. The zero-order valence-corrected chi connectivity index (χ0v) is 15.0. The van der Waals surface area contributed by atoms with Crippen molar-refractivity contribution in [3.05, 3.63) is 24.3 Å². The Bertz CT molecular complexity index is 526. The summed E-state index contributed by atoms with van der Waals surface area (Å²) >= 11 is 1.34. The summed E-state index contributed by atoms with van der Waals surface area (Å²) in [6.45, 7) is 0. The average Bonchev–Trinajstić information content (AvgIpc) is 2.84. The van der Waals surface area contributed by atoms with E-state index >= 15 is 0 Å². The van der Waals surface area contributed by atoms with Crippen LogP contribution in [0.1, 0.15) is 38.5 Å². The lowest BCUT2D eigenvalue weighted by Gasteiger charge is -2.15. The number of amides is 2. The van der Waals surface area contributed by atoms with Crippen LogP contribution in [0.3, 0.4) is 0 Å². The van der Waals surface area contributed by atoms with Gasteiger partial charge in [0.2, 0.25) is 11.8 Å². The number of thioether (sulfide) groups is 1. The molecular formula is C18H26N2O3S. The molecule has 1 aliphatic rings. The Morgan fingerprint density at radius 1 is 1.04 bits per heavy atom. The monoisotopic (exact) mass is 350 g/mol. The first-order valence-electron chi connectivity index (χ1n) is 8.48. The quantitative estimate of drug-likeness (QED) is 0.741. The molecule has 0 aromatic heterocycles. The number of ether oxygens (including phenoxy) is 1. The molecule has 132 valence electrons. The van der Waals surface area contributed by atoms with E-state index in [2.05, 4.69) is 10.6 Å². The van der Waals surface area contributed by atoms with Gasteiger partial charge in [0.05, 0.1) is 18.6 Å². The summed E-state index contributed by atoms with van der Waals surface area (Å²) in [5.41, 5.74) is 0.726. The summed E-state index contributed by atoms with van der Waals surface area (Å²) in [4.78, 5) is 23.8. The predicted molar refractivity (Wildman–Crippen MR) is 98.6 cm³/mol. The van der Waals surface area contributed by atoms with Crippen LogP contribution < -0.4 is 15.4 Å². The molecule has 0 heterocycles. The molecule has 2 N–H and O–H groups in total. The van der Waals surface area contributed by atoms with Crippen molar-refractivity contribution in [2.75, 3.05) is 23.9 Å². The fourth-order valence-electron chi connectivity index (χ4n) is 2.80. The van der Waals surface area contributed by atoms with Gasteiger partial charge in [-0.05, 0) is 37.1 Å². The Labute approximate surface area is 147 Å². The molecular weight excluding hydrogens is 324 g/mol. The van der Waals surface area contributed by atoms with Crippen LogP contribution in [0.5, 0.6) is 5.75 Å². The first-order valence-corrected chi connectivity index (χ1v) is 9.64. The Kier molecular flexibility index (Phi) is 7.95. The van der Waals surface area contributed by atoms with E-state index in [4.69, 9.17) is 4.74 Å². The van der Waals surface area contributed by atoms with Crippen molar-refractivity contribution in [1.82, 2.24) is 5.32 Å². The molecule has 0 unspecified atom stereocenters. The Hall–Kier alpha value is -1.69. The average molecular weight is 350 g/mol. The summed E-state index contributed by atoms with van der Waals surface area (Å²) in [5, 5.41) is 5.90. The van der Waals surface area contributed by atoms with Crippen LogP contribution >= 0.6 is 11.8 Å². The zero-order chi connectivity index (χ0) is 17.2. The first kappa shape index (κ1) is 18.6. The molecule has 1 aromatic rings. The summed E-state index contributed by atoms with van der Waals surface area (Å²) in [7, 11) is 1.60. The first-order chi connectivity index (χ1) is 11.7. The molecule has 1 fully saturated rings. The van der Waals surface area contributed by atoms with Gasteiger partial charge in [0.25, 0.3) is 0 Å².